The summed E-state index contributed by atoms with van der Waals surface area (Å²) < 4.78 is 3.13. The van der Waals surface area contributed by atoms with Gasteiger partial charge in [0.15, 0.2) is 0 Å². The Bertz CT molecular complexity index is 668. The van der Waals surface area contributed by atoms with Gasteiger partial charge in [-0.3, -0.25) is 4.40 Å². The first-order valence-electron chi connectivity index (χ1n) is 5.58. The minimum atomic E-state index is 0.901. The van der Waals surface area contributed by atoms with Crippen LogP contribution in [0.15, 0.2) is 28.9 Å². The molecule has 0 aliphatic carbocycles. The van der Waals surface area contributed by atoms with Gasteiger partial charge in [0.2, 0.25) is 5.78 Å². The number of hydrogen-bond donors (Lipinski definition) is 2. The number of nitrogens with one attached hydrogen (secondary N) is 2. The molecular formula is C12H13BrN4. The number of imidazole rings is 2. The fraction of sp³-hybridized carbons (Fsp3) is 0.250. The molecule has 0 aliphatic heterocycles. The number of aromatic nitrogens is 3. The fourth-order valence-corrected chi connectivity index (χ4v) is 2.46. The highest BCUT2D eigenvalue weighted by atomic mass is 79.9. The molecule has 0 saturated heterocycles. The van der Waals surface area contributed by atoms with E-state index in [1.165, 1.54) is 5.69 Å². The molecule has 0 bridgehead atoms. The minimum Gasteiger partial charge on any atom is -0.327 e. The Morgan fingerprint density at radius 3 is 3.18 bits per heavy atom. The van der Waals surface area contributed by atoms with Crippen LogP contribution < -0.4 is 5.32 Å². The molecule has 88 valence electrons. The number of rotatable bonds is 3. The number of likely N-dealkylation sites (N-methyl/N-ethyl adjacent to an activating group) is 1. The van der Waals surface area contributed by atoms with Crippen LogP contribution >= 0.6 is 15.9 Å². The summed E-state index contributed by atoms with van der Waals surface area (Å²) in [6.45, 7) is 0.964. The summed E-state index contributed by atoms with van der Waals surface area (Å²) in [5.74, 6) is 0.901. The van der Waals surface area contributed by atoms with Crippen LogP contribution in [0.1, 0.15) is 5.69 Å². The zero-order valence-corrected chi connectivity index (χ0v) is 11.1. The van der Waals surface area contributed by atoms with Gasteiger partial charge in [-0.25, -0.2) is 4.98 Å². The van der Waals surface area contributed by atoms with E-state index in [-0.39, 0.29) is 0 Å². The zero-order valence-electron chi connectivity index (χ0n) is 9.50. The summed E-state index contributed by atoms with van der Waals surface area (Å²) in [7, 11) is 1.96. The molecule has 3 rings (SSSR count). The van der Waals surface area contributed by atoms with E-state index in [1.54, 1.807) is 0 Å². The number of para-hydroxylation sites is 1. The number of fused-ring (bicyclic) bond motifs is 3. The second-order valence-electron chi connectivity index (χ2n) is 4.05. The lowest BCUT2D eigenvalue weighted by molar-refractivity contribution is 0.780. The highest BCUT2D eigenvalue weighted by Gasteiger charge is 2.09. The summed E-state index contributed by atoms with van der Waals surface area (Å²) in [6, 6.07) is 6.12. The van der Waals surface area contributed by atoms with E-state index in [9.17, 15) is 0 Å². The number of nitrogens with zero attached hydrogens (tertiary/aromatic N) is 2. The predicted octanol–water partition coefficient (Wildman–Crippen LogP) is 2.34. The van der Waals surface area contributed by atoms with Crippen molar-refractivity contribution in [3.8, 4) is 0 Å². The zero-order chi connectivity index (χ0) is 11.8. The van der Waals surface area contributed by atoms with Crippen molar-refractivity contribution in [2.45, 2.75) is 6.42 Å². The molecule has 4 nitrogen and oxygen atoms in total. The summed E-state index contributed by atoms with van der Waals surface area (Å²) in [5, 5.41) is 3.14. The van der Waals surface area contributed by atoms with Crippen molar-refractivity contribution < 1.29 is 0 Å². The van der Waals surface area contributed by atoms with Crippen LogP contribution in [0, 0.1) is 0 Å². The van der Waals surface area contributed by atoms with Crippen LogP contribution in [-0.4, -0.2) is 28.0 Å². The minimum absolute atomic E-state index is 0.901. The molecule has 2 N–H and O–H groups in total. The van der Waals surface area contributed by atoms with Gasteiger partial charge in [0.25, 0.3) is 0 Å². The van der Waals surface area contributed by atoms with E-state index >= 15 is 0 Å². The molecule has 0 aliphatic rings. The van der Waals surface area contributed by atoms with Gasteiger partial charge in [-0.2, -0.15) is 0 Å². The van der Waals surface area contributed by atoms with Gasteiger partial charge in [-0.1, -0.05) is 6.07 Å². The van der Waals surface area contributed by atoms with Gasteiger partial charge in [0.1, 0.15) is 5.52 Å². The van der Waals surface area contributed by atoms with Crippen LogP contribution in [-0.2, 0) is 6.42 Å². The molecular weight excluding hydrogens is 280 g/mol. The van der Waals surface area contributed by atoms with Crippen LogP contribution in [0.25, 0.3) is 16.8 Å². The SMILES string of the molecule is CNCCc1cn2c(nc3c(Br)cccc32)[nH]1. The maximum absolute atomic E-state index is 4.58. The third kappa shape index (κ3) is 1.75. The molecule has 0 saturated carbocycles. The van der Waals surface area contributed by atoms with Crippen LogP contribution in [0.2, 0.25) is 0 Å². The Balaban J connectivity index is 2.15. The largest absolute Gasteiger partial charge is 0.327 e. The quantitative estimate of drug-likeness (QED) is 0.778. The molecule has 0 unspecified atom stereocenters. The molecule has 17 heavy (non-hydrogen) atoms. The van der Waals surface area contributed by atoms with Crippen molar-refractivity contribution in [1.29, 1.82) is 0 Å². The molecule has 0 amide bonds. The van der Waals surface area contributed by atoms with Crippen molar-refractivity contribution in [3.63, 3.8) is 0 Å². The normalized spacial score (nSPS) is 11.6. The third-order valence-electron chi connectivity index (χ3n) is 2.87. The average Bonchev–Trinajstić information content (AvgIpc) is 2.85. The van der Waals surface area contributed by atoms with Crippen molar-refractivity contribution in [2.75, 3.05) is 13.6 Å². The van der Waals surface area contributed by atoms with E-state index in [1.807, 2.05) is 19.2 Å². The molecule has 2 aromatic heterocycles. The second kappa shape index (κ2) is 4.16. The Morgan fingerprint density at radius 1 is 1.47 bits per heavy atom. The molecule has 0 fully saturated rings. The fourth-order valence-electron chi connectivity index (χ4n) is 2.02. The second-order valence-corrected chi connectivity index (χ2v) is 4.90. The number of halogens is 1. The average molecular weight is 293 g/mol. The summed E-state index contributed by atoms with van der Waals surface area (Å²) in [6.07, 6.45) is 3.10. The smallest absolute Gasteiger partial charge is 0.212 e. The van der Waals surface area contributed by atoms with Gasteiger partial charge in [-0.05, 0) is 35.1 Å². The highest BCUT2D eigenvalue weighted by Crippen LogP contribution is 2.24. The van der Waals surface area contributed by atoms with E-state index in [0.717, 1.165) is 34.2 Å². The molecule has 2 heterocycles. The highest BCUT2D eigenvalue weighted by molar-refractivity contribution is 9.10. The number of aromatic amines is 1. The van der Waals surface area contributed by atoms with Crippen LogP contribution in [0.4, 0.5) is 0 Å². The first-order chi connectivity index (χ1) is 8.29. The molecule has 0 atom stereocenters. The first kappa shape index (κ1) is 10.8. The standard InChI is InChI=1S/C12H13BrN4/c1-14-6-5-8-7-17-10-4-2-3-9(13)11(10)16-12(17)15-8/h2-4,7,14H,5-6H2,1H3,(H,15,16). The first-order valence-corrected chi connectivity index (χ1v) is 6.37. The topological polar surface area (TPSA) is 45.1 Å². The molecule has 1 aromatic carbocycles. The maximum atomic E-state index is 4.58. The maximum Gasteiger partial charge on any atom is 0.212 e. The predicted molar refractivity (Wildman–Crippen MR) is 72.4 cm³/mol. The van der Waals surface area contributed by atoms with Crippen LogP contribution in [0.5, 0.6) is 0 Å². The molecule has 3 aromatic rings. The molecule has 5 heteroatoms. The summed E-state index contributed by atoms with van der Waals surface area (Å²) >= 11 is 3.52. The Hall–Kier alpha value is -1.33. The molecule has 0 radical (unpaired) electrons. The van der Waals surface area contributed by atoms with Gasteiger partial charge < -0.3 is 10.3 Å². The van der Waals surface area contributed by atoms with Gasteiger partial charge >= 0.3 is 0 Å². The number of hydrogen-bond acceptors (Lipinski definition) is 2. The van der Waals surface area contributed by atoms with Crippen molar-refractivity contribution in [1.82, 2.24) is 19.7 Å². The Labute approximate surface area is 107 Å². The monoisotopic (exact) mass is 292 g/mol. The van der Waals surface area contributed by atoms with E-state index in [0.29, 0.717) is 0 Å². The number of H-pyrrole nitrogens is 1. The van der Waals surface area contributed by atoms with Crippen molar-refractivity contribution in [3.05, 3.63) is 34.6 Å². The van der Waals surface area contributed by atoms with Crippen molar-refractivity contribution >= 4 is 32.7 Å². The van der Waals surface area contributed by atoms with E-state index < -0.39 is 0 Å². The Kier molecular flexibility index (Phi) is 2.64. The number of benzene rings is 1. The van der Waals surface area contributed by atoms with Gasteiger partial charge in [0, 0.05) is 29.3 Å². The van der Waals surface area contributed by atoms with E-state index in [2.05, 4.69) is 47.9 Å². The third-order valence-corrected chi connectivity index (χ3v) is 3.51. The van der Waals surface area contributed by atoms with Crippen LogP contribution in [0.3, 0.4) is 0 Å². The summed E-state index contributed by atoms with van der Waals surface area (Å²) in [4.78, 5) is 7.92. The lowest BCUT2D eigenvalue weighted by Gasteiger charge is -1.95. The van der Waals surface area contributed by atoms with Gasteiger partial charge in [0.05, 0.1) is 5.52 Å². The summed E-state index contributed by atoms with van der Waals surface area (Å²) in [5.41, 5.74) is 3.32. The Morgan fingerprint density at radius 2 is 2.35 bits per heavy atom. The lowest BCUT2D eigenvalue weighted by atomic mass is 10.3. The van der Waals surface area contributed by atoms with Crippen molar-refractivity contribution in [2.24, 2.45) is 0 Å². The lowest BCUT2D eigenvalue weighted by Crippen LogP contribution is -2.10. The van der Waals surface area contributed by atoms with E-state index in [4.69, 9.17) is 0 Å². The molecule has 0 spiro atoms. The van der Waals surface area contributed by atoms with Gasteiger partial charge in [-0.15, -0.1) is 0 Å².